The van der Waals surface area contributed by atoms with Crippen LogP contribution in [0.2, 0.25) is 0 Å². The van der Waals surface area contributed by atoms with Crippen molar-refractivity contribution in [3.63, 3.8) is 0 Å². The van der Waals surface area contributed by atoms with E-state index in [2.05, 4.69) is 37.7 Å². The summed E-state index contributed by atoms with van der Waals surface area (Å²) in [6, 6.07) is 3.80. The first-order valence-electron chi connectivity index (χ1n) is 9.76. The van der Waals surface area contributed by atoms with Gasteiger partial charge < -0.3 is 10.0 Å². The minimum atomic E-state index is -4.49. The highest BCUT2D eigenvalue weighted by atomic mass is 19.4. The van der Waals surface area contributed by atoms with Gasteiger partial charge in [-0.1, -0.05) is 33.8 Å². The quantitative estimate of drug-likeness (QED) is 0.703. The molecule has 162 valence electrons. The van der Waals surface area contributed by atoms with Crippen molar-refractivity contribution in [2.45, 2.75) is 64.5 Å². The van der Waals surface area contributed by atoms with Crippen molar-refractivity contribution >= 4 is 17.6 Å². The van der Waals surface area contributed by atoms with Crippen LogP contribution in [0.25, 0.3) is 0 Å². The Bertz CT molecular complexity index is 967. The van der Waals surface area contributed by atoms with Crippen molar-refractivity contribution in [1.29, 1.82) is 0 Å². The third-order valence-corrected chi connectivity index (χ3v) is 5.92. The molecule has 30 heavy (non-hydrogen) atoms. The molecule has 1 heterocycles. The van der Waals surface area contributed by atoms with Crippen LogP contribution in [-0.2, 0) is 10.8 Å². The molecule has 1 aliphatic carbocycles. The number of benzene rings is 1. The van der Waals surface area contributed by atoms with E-state index < -0.39 is 18.7 Å². The minimum Gasteiger partial charge on any atom is -0.478 e. The number of aromatic carboxylic acids is 1. The number of carboxylic acids is 1. The Hall–Kier alpha value is -2.64. The summed E-state index contributed by atoms with van der Waals surface area (Å²) in [4.78, 5) is 19.9. The number of alkyl halides is 3. The van der Waals surface area contributed by atoms with Crippen LogP contribution in [0.3, 0.4) is 0 Å². The zero-order valence-electron chi connectivity index (χ0n) is 17.8. The smallest absolute Gasteiger partial charge is 0.406 e. The lowest BCUT2D eigenvalue weighted by atomic mass is 9.63. The van der Waals surface area contributed by atoms with E-state index in [0.29, 0.717) is 11.3 Å². The number of nitrogens with zero attached hydrogens (tertiary/aromatic N) is 3. The fourth-order valence-corrected chi connectivity index (χ4v) is 4.02. The number of aromatic nitrogens is 2. The fourth-order valence-electron chi connectivity index (χ4n) is 4.02. The van der Waals surface area contributed by atoms with Crippen molar-refractivity contribution in [1.82, 2.24) is 9.97 Å². The third kappa shape index (κ3) is 4.27. The molecule has 8 heteroatoms. The molecule has 0 saturated heterocycles. The first-order valence-corrected chi connectivity index (χ1v) is 9.76. The summed E-state index contributed by atoms with van der Waals surface area (Å²) in [6.07, 6.45) is -0.522. The molecule has 0 spiro atoms. The Balaban J connectivity index is 2.18. The highest BCUT2D eigenvalue weighted by molar-refractivity contribution is 5.86. The Kier molecular flexibility index (Phi) is 5.33. The molecule has 0 unspecified atom stereocenters. The molecule has 0 fully saturated rings. The molecule has 0 aliphatic heterocycles. The summed E-state index contributed by atoms with van der Waals surface area (Å²) in [5.41, 5.74) is 2.81. The van der Waals surface area contributed by atoms with Crippen molar-refractivity contribution < 1.29 is 23.1 Å². The van der Waals surface area contributed by atoms with E-state index in [-0.39, 0.29) is 22.3 Å². The largest absolute Gasteiger partial charge is 0.478 e. The van der Waals surface area contributed by atoms with Crippen molar-refractivity contribution in [2.24, 2.45) is 0 Å². The van der Waals surface area contributed by atoms with Crippen molar-refractivity contribution in [2.75, 3.05) is 11.4 Å². The first-order chi connectivity index (χ1) is 13.7. The fraction of sp³-hybridized carbons (Fsp3) is 0.500. The summed E-state index contributed by atoms with van der Waals surface area (Å²) >= 11 is 0. The lowest BCUT2D eigenvalue weighted by Crippen LogP contribution is -2.36. The van der Waals surface area contributed by atoms with Gasteiger partial charge in [-0.2, -0.15) is 13.2 Å². The van der Waals surface area contributed by atoms with Crippen LogP contribution in [0, 0.1) is 6.92 Å². The molecule has 0 amide bonds. The number of fused-ring (bicyclic) bond motifs is 1. The average molecular weight is 421 g/mol. The normalized spacial score (nSPS) is 17.3. The summed E-state index contributed by atoms with van der Waals surface area (Å²) in [7, 11) is 0. The third-order valence-electron chi connectivity index (χ3n) is 5.92. The molecule has 3 rings (SSSR count). The predicted octanol–water partition coefficient (Wildman–Crippen LogP) is 5.53. The van der Waals surface area contributed by atoms with Gasteiger partial charge in [-0.3, -0.25) is 0 Å². The summed E-state index contributed by atoms with van der Waals surface area (Å²) in [5.74, 6) is -1.42. The molecule has 1 aromatic carbocycles. The summed E-state index contributed by atoms with van der Waals surface area (Å²) in [6.45, 7) is 9.02. The van der Waals surface area contributed by atoms with Gasteiger partial charge in [-0.15, -0.1) is 0 Å². The van der Waals surface area contributed by atoms with Crippen molar-refractivity contribution in [3.05, 3.63) is 46.8 Å². The van der Waals surface area contributed by atoms with Gasteiger partial charge >= 0.3 is 12.1 Å². The second-order valence-electron chi connectivity index (χ2n) is 9.23. The molecular formula is C22H26F3N3O2. The van der Waals surface area contributed by atoms with Gasteiger partial charge in [0.15, 0.2) is 0 Å². The first kappa shape index (κ1) is 22.1. The van der Waals surface area contributed by atoms with E-state index in [0.717, 1.165) is 41.3 Å². The molecule has 0 bridgehead atoms. The molecule has 5 nitrogen and oxygen atoms in total. The van der Waals surface area contributed by atoms with Crippen LogP contribution in [0.5, 0.6) is 0 Å². The summed E-state index contributed by atoms with van der Waals surface area (Å²) < 4.78 is 40.3. The number of aryl methyl sites for hydroxylation is 1. The van der Waals surface area contributed by atoms with Gasteiger partial charge in [-0.25, -0.2) is 14.8 Å². The molecule has 1 aliphatic rings. The van der Waals surface area contributed by atoms with Gasteiger partial charge in [0.1, 0.15) is 6.54 Å². The second kappa shape index (κ2) is 7.25. The maximum absolute atomic E-state index is 13.4. The van der Waals surface area contributed by atoms with E-state index in [1.807, 2.05) is 12.1 Å². The molecular weight excluding hydrogens is 395 g/mol. The van der Waals surface area contributed by atoms with E-state index in [1.54, 1.807) is 6.92 Å². The van der Waals surface area contributed by atoms with Gasteiger partial charge in [-0.05, 0) is 53.4 Å². The Morgan fingerprint density at radius 2 is 1.57 bits per heavy atom. The van der Waals surface area contributed by atoms with Gasteiger partial charge in [0.25, 0.3) is 0 Å². The number of carboxylic acid groups (broad SMARTS) is 1. The van der Waals surface area contributed by atoms with Crippen LogP contribution < -0.4 is 4.90 Å². The number of hydrogen-bond acceptors (Lipinski definition) is 4. The molecule has 1 N–H and O–H groups in total. The number of hydrogen-bond donors (Lipinski definition) is 1. The molecule has 1 aromatic heterocycles. The van der Waals surface area contributed by atoms with Crippen LogP contribution in [0.1, 0.15) is 67.6 Å². The number of carbonyl (C=O) groups is 1. The zero-order valence-corrected chi connectivity index (χ0v) is 17.8. The predicted molar refractivity (Wildman–Crippen MR) is 109 cm³/mol. The topological polar surface area (TPSA) is 66.3 Å². The maximum Gasteiger partial charge on any atom is 0.406 e. The Morgan fingerprint density at radius 1 is 1.07 bits per heavy atom. The lowest BCUT2D eigenvalue weighted by molar-refractivity contribution is -0.118. The highest BCUT2D eigenvalue weighted by Crippen LogP contribution is 2.48. The highest BCUT2D eigenvalue weighted by Gasteiger charge is 2.39. The molecule has 0 saturated carbocycles. The number of anilines is 2. The standard InChI is InChI=1S/C22H26F3N3O2/c1-13-8-15-16(21(4,5)7-6-20(15,2)3)9-17(13)28(12-22(23,24)25)19-26-10-14(11-27-19)18(29)30/h8-11H,6-7,12H2,1-5H3,(H,29,30). The average Bonchev–Trinajstić information content (AvgIpc) is 2.63. The monoisotopic (exact) mass is 421 g/mol. The SMILES string of the molecule is Cc1cc2c(cc1N(CC(F)(F)F)c1ncc(C(=O)O)cn1)C(C)(C)CCC2(C)C. The minimum absolute atomic E-state index is 0.0668. The van der Waals surface area contributed by atoms with Crippen LogP contribution in [0.15, 0.2) is 24.5 Å². The Morgan fingerprint density at radius 3 is 2.03 bits per heavy atom. The van der Waals surface area contributed by atoms with Crippen LogP contribution in [-0.4, -0.2) is 33.8 Å². The molecule has 0 atom stereocenters. The zero-order chi connectivity index (χ0) is 22.5. The second-order valence-corrected chi connectivity index (χ2v) is 9.23. The van der Waals surface area contributed by atoms with Gasteiger partial charge in [0, 0.05) is 18.1 Å². The Labute approximate surface area is 174 Å². The number of rotatable bonds is 4. The molecule has 2 aromatic rings. The summed E-state index contributed by atoms with van der Waals surface area (Å²) in [5, 5.41) is 9.03. The van der Waals surface area contributed by atoms with E-state index in [4.69, 9.17) is 5.11 Å². The molecule has 0 radical (unpaired) electrons. The van der Waals surface area contributed by atoms with Crippen molar-refractivity contribution in [3.8, 4) is 0 Å². The maximum atomic E-state index is 13.4. The van der Waals surface area contributed by atoms with Crippen LogP contribution in [0.4, 0.5) is 24.8 Å². The van der Waals surface area contributed by atoms with Gasteiger partial charge in [0.2, 0.25) is 5.95 Å². The van der Waals surface area contributed by atoms with Gasteiger partial charge in [0.05, 0.1) is 5.56 Å². The van der Waals surface area contributed by atoms with E-state index >= 15 is 0 Å². The van der Waals surface area contributed by atoms with E-state index in [9.17, 15) is 18.0 Å². The number of halogens is 3. The lowest BCUT2D eigenvalue weighted by Gasteiger charge is -2.43. The van der Waals surface area contributed by atoms with Crippen LogP contribution >= 0.6 is 0 Å². The van der Waals surface area contributed by atoms with E-state index in [1.165, 1.54) is 0 Å².